The summed E-state index contributed by atoms with van der Waals surface area (Å²) in [4.78, 5) is 4.29. The summed E-state index contributed by atoms with van der Waals surface area (Å²) in [6.45, 7) is 3.74. The van der Waals surface area contributed by atoms with E-state index in [9.17, 15) is 13.2 Å². The van der Waals surface area contributed by atoms with Crippen molar-refractivity contribution in [1.29, 1.82) is 0 Å². The zero-order valence-electron chi connectivity index (χ0n) is 9.97. The van der Waals surface area contributed by atoms with Crippen molar-refractivity contribution < 1.29 is 17.9 Å². The molecule has 2 rings (SSSR count). The molecule has 1 aliphatic heterocycles. The Morgan fingerprint density at radius 1 is 1.39 bits per heavy atom. The van der Waals surface area contributed by atoms with E-state index in [1.165, 1.54) is 0 Å². The smallest absolute Gasteiger partial charge is 0.421 e. The molecule has 2 N–H and O–H groups in total. The Morgan fingerprint density at radius 3 is 2.50 bits per heavy atom. The molecule has 0 amide bonds. The number of nitrogen functional groups attached to an aromatic ring is 1. The van der Waals surface area contributed by atoms with Crippen LogP contribution in [0.5, 0.6) is 0 Å². The van der Waals surface area contributed by atoms with Gasteiger partial charge in [0, 0.05) is 0 Å². The molecule has 2 heterocycles. The number of halogens is 3. The van der Waals surface area contributed by atoms with Crippen molar-refractivity contribution in [3.8, 4) is 0 Å². The highest BCUT2D eigenvalue weighted by Crippen LogP contribution is 2.49. The average Bonchev–Trinajstić information content (AvgIpc) is 2.67. The normalized spacial score (nSPS) is 17.9. The van der Waals surface area contributed by atoms with Crippen molar-refractivity contribution in [1.82, 2.24) is 4.98 Å². The molecule has 100 valence electrons. The summed E-state index contributed by atoms with van der Waals surface area (Å²) in [5.74, 6) is 0. The van der Waals surface area contributed by atoms with Gasteiger partial charge in [-0.05, 0) is 12.8 Å². The topological polar surface area (TPSA) is 48.1 Å². The molecule has 0 spiro atoms. The number of rotatable bonds is 2. The summed E-state index contributed by atoms with van der Waals surface area (Å²) in [7, 11) is 0. The molecule has 0 radical (unpaired) electrons. The number of ether oxygens (including phenoxy) is 1. The number of nitrogens with zero attached hydrogens (tertiary/aromatic N) is 1. The van der Waals surface area contributed by atoms with Gasteiger partial charge in [0.25, 0.3) is 0 Å². The highest BCUT2D eigenvalue weighted by Gasteiger charge is 2.46. The minimum atomic E-state index is -4.48. The highest BCUT2D eigenvalue weighted by molar-refractivity contribution is 7.15. The average molecular weight is 278 g/mol. The molecule has 18 heavy (non-hydrogen) atoms. The second-order valence-corrected chi connectivity index (χ2v) is 5.11. The maximum atomic E-state index is 12.9. The van der Waals surface area contributed by atoms with Crippen molar-refractivity contribution in [2.75, 3.05) is 5.73 Å². The van der Waals surface area contributed by atoms with Crippen LogP contribution in [0.2, 0.25) is 0 Å². The lowest BCUT2D eigenvalue weighted by atomic mass is 9.90. The van der Waals surface area contributed by atoms with Gasteiger partial charge in [-0.15, -0.1) is 0 Å². The molecule has 0 bridgehead atoms. The second-order valence-electron chi connectivity index (χ2n) is 4.08. The first kappa shape index (κ1) is 13.2. The lowest BCUT2D eigenvalue weighted by Gasteiger charge is -2.34. The molecule has 1 aromatic rings. The van der Waals surface area contributed by atoms with Crippen LogP contribution < -0.4 is 5.73 Å². The van der Waals surface area contributed by atoms with Crippen LogP contribution in [0.25, 0.3) is 5.57 Å². The first-order valence-corrected chi connectivity index (χ1v) is 6.38. The van der Waals surface area contributed by atoms with Crippen LogP contribution in [0.15, 0.2) is 6.26 Å². The molecule has 0 atom stereocenters. The van der Waals surface area contributed by atoms with Crippen LogP contribution in [-0.2, 0) is 10.3 Å². The zero-order chi connectivity index (χ0) is 13.6. The Balaban J connectivity index is 2.60. The van der Waals surface area contributed by atoms with E-state index < -0.39 is 17.4 Å². The van der Waals surface area contributed by atoms with E-state index in [0.29, 0.717) is 17.7 Å². The summed E-state index contributed by atoms with van der Waals surface area (Å²) in [6.07, 6.45) is -2.57. The number of anilines is 1. The van der Waals surface area contributed by atoms with Crippen LogP contribution in [0, 0.1) is 0 Å². The van der Waals surface area contributed by atoms with Crippen molar-refractivity contribution in [2.45, 2.75) is 38.5 Å². The summed E-state index contributed by atoms with van der Waals surface area (Å²) in [5, 5.41) is 0.131. The number of allylic oxidation sites excluding steroid dienone is 1. The predicted molar refractivity (Wildman–Crippen MR) is 63.9 cm³/mol. The van der Waals surface area contributed by atoms with Crippen LogP contribution >= 0.6 is 11.3 Å². The van der Waals surface area contributed by atoms with Gasteiger partial charge in [0.2, 0.25) is 0 Å². The van der Waals surface area contributed by atoms with Crippen molar-refractivity contribution in [3.63, 3.8) is 0 Å². The van der Waals surface area contributed by atoms with E-state index >= 15 is 0 Å². The molecule has 1 aliphatic rings. The Labute approximate surface area is 106 Å². The third-order valence-electron chi connectivity index (χ3n) is 3.16. The summed E-state index contributed by atoms with van der Waals surface area (Å²) >= 11 is 1.07. The SMILES string of the molecule is CCC1(CC)OC=C(C(F)(F)F)c2nc(N)sc21. The van der Waals surface area contributed by atoms with Crippen LogP contribution in [0.4, 0.5) is 18.3 Å². The first-order chi connectivity index (χ1) is 8.34. The number of fused-ring (bicyclic) bond motifs is 1. The zero-order valence-corrected chi connectivity index (χ0v) is 10.8. The Morgan fingerprint density at radius 2 is 2.00 bits per heavy atom. The number of alkyl halides is 3. The van der Waals surface area contributed by atoms with Crippen LogP contribution in [0.1, 0.15) is 37.3 Å². The third kappa shape index (κ3) is 1.86. The molecule has 0 unspecified atom stereocenters. The Kier molecular flexibility index (Phi) is 3.04. The van der Waals surface area contributed by atoms with Gasteiger partial charge in [-0.1, -0.05) is 25.2 Å². The predicted octanol–water partition coefficient (Wildman–Crippen LogP) is 3.67. The quantitative estimate of drug-likeness (QED) is 0.897. The van der Waals surface area contributed by atoms with Gasteiger partial charge in [-0.3, -0.25) is 0 Å². The molecule has 0 saturated carbocycles. The van der Waals surface area contributed by atoms with Gasteiger partial charge in [-0.25, -0.2) is 4.98 Å². The summed E-state index contributed by atoms with van der Waals surface area (Å²) in [5.41, 5.74) is 3.87. The first-order valence-electron chi connectivity index (χ1n) is 5.56. The Hall–Kier alpha value is -1.24. The van der Waals surface area contributed by atoms with Gasteiger partial charge >= 0.3 is 6.18 Å². The van der Waals surface area contributed by atoms with Gasteiger partial charge < -0.3 is 10.5 Å². The third-order valence-corrected chi connectivity index (χ3v) is 4.23. The number of aromatic nitrogens is 1. The fourth-order valence-corrected chi connectivity index (χ4v) is 3.17. The monoisotopic (exact) mass is 278 g/mol. The van der Waals surface area contributed by atoms with Crippen molar-refractivity contribution >= 4 is 22.0 Å². The minimum Gasteiger partial charge on any atom is -0.489 e. The number of hydrogen-bond donors (Lipinski definition) is 1. The van der Waals surface area contributed by atoms with E-state index in [2.05, 4.69) is 4.98 Å². The largest absolute Gasteiger partial charge is 0.489 e. The fraction of sp³-hybridized carbons (Fsp3) is 0.545. The standard InChI is InChI=1S/C11H13F3N2OS/c1-3-10(4-2)8-7(16-9(15)18-8)6(5-17-10)11(12,13)14/h5H,3-4H2,1-2H3,(H2,15,16). The highest BCUT2D eigenvalue weighted by atomic mass is 32.1. The lowest BCUT2D eigenvalue weighted by molar-refractivity contribution is -0.0759. The molecule has 3 nitrogen and oxygen atoms in total. The van der Waals surface area contributed by atoms with Crippen molar-refractivity contribution in [3.05, 3.63) is 16.8 Å². The van der Waals surface area contributed by atoms with Crippen LogP contribution in [-0.4, -0.2) is 11.2 Å². The summed E-state index contributed by atoms with van der Waals surface area (Å²) in [6, 6.07) is 0. The molecule has 0 aliphatic carbocycles. The van der Waals surface area contributed by atoms with Gasteiger partial charge in [0.15, 0.2) is 5.13 Å². The molecule has 0 aromatic carbocycles. The van der Waals surface area contributed by atoms with Crippen molar-refractivity contribution in [2.24, 2.45) is 0 Å². The van der Waals surface area contributed by atoms with Gasteiger partial charge in [0.05, 0.1) is 16.8 Å². The van der Waals surface area contributed by atoms with E-state index in [4.69, 9.17) is 10.5 Å². The number of nitrogens with two attached hydrogens (primary N) is 1. The van der Waals surface area contributed by atoms with E-state index in [0.717, 1.165) is 17.6 Å². The number of hydrogen-bond acceptors (Lipinski definition) is 4. The molecule has 0 saturated heterocycles. The van der Waals surface area contributed by atoms with E-state index in [1.807, 2.05) is 13.8 Å². The number of thiazole rings is 1. The lowest BCUT2D eigenvalue weighted by Crippen LogP contribution is -2.31. The van der Waals surface area contributed by atoms with Gasteiger partial charge in [0.1, 0.15) is 11.2 Å². The molecule has 0 fully saturated rings. The van der Waals surface area contributed by atoms with Crippen LogP contribution in [0.3, 0.4) is 0 Å². The minimum absolute atomic E-state index is 0.0834. The fourth-order valence-electron chi connectivity index (χ4n) is 2.05. The van der Waals surface area contributed by atoms with Gasteiger partial charge in [-0.2, -0.15) is 13.2 Å². The molecular formula is C11H13F3N2OS. The second kappa shape index (κ2) is 4.15. The van der Waals surface area contributed by atoms with E-state index in [1.54, 1.807) is 0 Å². The molecule has 1 aromatic heterocycles. The molecular weight excluding hydrogens is 265 g/mol. The molecule has 7 heteroatoms. The maximum absolute atomic E-state index is 12.9. The maximum Gasteiger partial charge on any atom is 0.421 e. The summed E-state index contributed by atoms with van der Waals surface area (Å²) < 4.78 is 44.0. The van der Waals surface area contributed by atoms with E-state index in [-0.39, 0.29) is 10.8 Å². The Bertz CT molecular complexity index is 489.